The molecule has 5 heteroatoms. The normalized spacial score (nSPS) is 18.3. The fraction of sp³-hybridized carbons (Fsp3) is 0.455. The van der Waals surface area contributed by atoms with E-state index >= 15 is 0 Å². The molecule has 0 radical (unpaired) electrons. The first-order valence-corrected chi connectivity index (χ1v) is 9.97. The summed E-state index contributed by atoms with van der Waals surface area (Å²) in [7, 11) is 0. The Labute approximate surface area is 159 Å². The molecule has 1 aromatic heterocycles. The van der Waals surface area contributed by atoms with E-state index < -0.39 is 0 Å². The fourth-order valence-electron chi connectivity index (χ4n) is 4.37. The Balaban J connectivity index is 1.71. The average molecular weight is 366 g/mol. The molecule has 5 nitrogen and oxygen atoms in total. The molecule has 2 aromatic rings. The van der Waals surface area contributed by atoms with Crippen molar-refractivity contribution in [2.75, 3.05) is 6.61 Å². The molecule has 1 atom stereocenters. The molecule has 1 unspecified atom stereocenters. The summed E-state index contributed by atoms with van der Waals surface area (Å²) in [6.45, 7) is 2.97. The van der Waals surface area contributed by atoms with E-state index in [4.69, 9.17) is 4.74 Å². The molecule has 0 spiro atoms. The third kappa shape index (κ3) is 3.38. The van der Waals surface area contributed by atoms with Gasteiger partial charge in [-0.25, -0.2) is 0 Å². The fourth-order valence-corrected chi connectivity index (χ4v) is 4.37. The molecule has 2 heterocycles. The molecule has 142 valence electrons. The third-order valence-corrected chi connectivity index (χ3v) is 5.64. The highest BCUT2D eigenvalue weighted by Crippen LogP contribution is 2.32. The quantitative estimate of drug-likeness (QED) is 0.902. The van der Waals surface area contributed by atoms with Gasteiger partial charge in [0.2, 0.25) is 0 Å². The summed E-state index contributed by atoms with van der Waals surface area (Å²) in [4.78, 5) is 25.8. The van der Waals surface area contributed by atoms with Crippen molar-refractivity contribution in [3.05, 3.63) is 63.1 Å². The lowest BCUT2D eigenvalue weighted by molar-refractivity contribution is 0.0930. The summed E-state index contributed by atoms with van der Waals surface area (Å²) in [5.74, 6) is 0.283. The summed E-state index contributed by atoms with van der Waals surface area (Å²) in [6.07, 6.45) is 5.65. The molecule has 1 aromatic carbocycles. The Morgan fingerprint density at radius 3 is 2.93 bits per heavy atom. The molecule has 1 N–H and O–H groups in total. The van der Waals surface area contributed by atoms with Gasteiger partial charge in [0.25, 0.3) is 11.5 Å². The summed E-state index contributed by atoms with van der Waals surface area (Å²) < 4.78 is 7.48. The number of aromatic nitrogens is 1. The first-order valence-electron chi connectivity index (χ1n) is 9.97. The number of hydrogen-bond acceptors (Lipinski definition) is 3. The monoisotopic (exact) mass is 366 g/mol. The third-order valence-electron chi connectivity index (χ3n) is 5.64. The second-order valence-electron chi connectivity index (χ2n) is 7.33. The predicted octanol–water partition coefficient (Wildman–Crippen LogP) is 3.39. The highest BCUT2D eigenvalue weighted by molar-refractivity contribution is 5.98. The van der Waals surface area contributed by atoms with Crippen molar-refractivity contribution >= 4 is 5.91 Å². The number of nitrogens with one attached hydrogen (secondary N) is 1. The SMILES string of the molecule is CCOc1cc(=O)n2c(c1C(=O)NC1CCc3ccccc31)CCCCC2. The van der Waals surface area contributed by atoms with Crippen LogP contribution in [0.25, 0.3) is 0 Å². The zero-order valence-electron chi connectivity index (χ0n) is 15.8. The maximum absolute atomic E-state index is 13.3. The van der Waals surface area contributed by atoms with Crippen LogP contribution in [0, 0.1) is 0 Å². The minimum atomic E-state index is -0.134. The van der Waals surface area contributed by atoms with Gasteiger partial charge in [-0.2, -0.15) is 0 Å². The molecule has 0 saturated heterocycles. The number of benzene rings is 1. The van der Waals surface area contributed by atoms with E-state index in [1.807, 2.05) is 19.1 Å². The summed E-state index contributed by atoms with van der Waals surface area (Å²) >= 11 is 0. The van der Waals surface area contributed by atoms with Crippen LogP contribution in [-0.2, 0) is 19.4 Å². The van der Waals surface area contributed by atoms with Crippen molar-refractivity contribution < 1.29 is 9.53 Å². The van der Waals surface area contributed by atoms with Crippen LogP contribution in [-0.4, -0.2) is 17.1 Å². The second kappa shape index (κ2) is 7.59. The number of pyridine rings is 1. The number of fused-ring (bicyclic) bond motifs is 2. The molecule has 0 fully saturated rings. The van der Waals surface area contributed by atoms with E-state index in [0.717, 1.165) is 44.2 Å². The van der Waals surface area contributed by atoms with E-state index in [-0.39, 0.29) is 17.5 Å². The molecule has 4 rings (SSSR count). The zero-order valence-corrected chi connectivity index (χ0v) is 15.8. The van der Waals surface area contributed by atoms with Gasteiger partial charge in [0, 0.05) is 18.3 Å². The smallest absolute Gasteiger partial charge is 0.257 e. The Bertz CT molecular complexity index is 916. The van der Waals surface area contributed by atoms with Crippen molar-refractivity contribution in [3.63, 3.8) is 0 Å². The Morgan fingerprint density at radius 1 is 1.22 bits per heavy atom. The highest BCUT2D eigenvalue weighted by atomic mass is 16.5. The van der Waals surface area contributed by atoms with E-state index in [0.29, 0.717) is 24.5 Å². The van der Waals surface area contributed by atoms with Crippen molar-refractivity contribution in [3.8, 4) is 5.75 Å². The molecule has 0 saturated carbocycles. The van der Waals surface area contributed by atoms with Gasteiger partial charge in [-0.1, -0.05) is 30.7 Å². The van der Waals surface area contributed by atoms with Crippen LogP contribution in [0.5, 0.6) is 5.75 Å². The van der Waals surface area contributed by atoms with Crippen LogP contribution in [0.3, 0.4) is 0 Å². The van der Waals surface area contributed by atoms with Gasteiger partial charge in [-0.05, 0) is 50.2 Å². The zero-order chi connectivity index (χ0) is 18.8. The second-order valence-corrected chi connectivity index (χ2v) is 7.33. The van der Waals surface area contributed by atoms with Gasteiger partial charge in [-0.15, -0.1) is 0 Å². The van der Waals surface area contributed by atoms with E-state index in [1.54, 1.807) is 4.57 Å². The first-order chi connectivity index (χ1) is 13.2. The first kappa shape index (κ1) is 17.8. The van der Waals surface area contributed by atoms with Gasteiger partial charge in [-0.3, -0.25) is 9.59 Å². The molecule has 27 heavy (non-hydrogen) atoms. The molecule has 1 aliphatic heterocycles. The lowest BCUT2D eigenvalue weighted by atomic mass is 10.0. The van der Waals surface area contributed by atoms with Gasteiger partial charge < -0.3 is 14.6 Å². The van der Waals surface area contributed by atoms with Crippen LogP contribution in [0.2, 0.25) is 0 Å². The lowest BCUT2D eigenvalue weighted by Gasteiger charge is -2.20. The molecule has 0 bridgehead atoms. The van der Waals surface area contributed by atoms with Crippen molar-refractivity contribution in [2.24, 2.45) is 0 Å². The number of hydrogen-bond donors (Lipinski definition) is 1. The Morgan fingerprint density at radius 2 is 2.07 bits per heavy atom. The number of nitrogens with zero attached hydrogens (tertiary/aromatic N) is 1. The summed E-state index contributed by atoms with van der Waals surface area (Å²) in [5, 5.41) is 3.21. The van der Waals surface area contributed by atoms with Crippen molar-refractivity contribution in [1.29, 1.82) is 0 Å². The van der Waals surface area contributed by atoms with Gasteiger partial charge in [0.15, 0.2) is 0 Å². The number of amides is 1. The Kier molecular flexibility index (Phi) is 5.01. The maximum Gasteiger partial charge on any atom is 0.257 e. The topological polar surface area (TPSA) is 60.3 Å². The summed E-state index contributed by atoms with van der Waals surface area (Å²) in [6, 6.07) is 9.77. The highest BCUT2D eigenvalue weighted by Gasteiger charge is 2.28. The number of carbonyl (C=O) groups is 1. The van der Waals surface area contributed by atoms with Crippen LogP contribution < -0.4 is 15.6 Å². The number of carbonyl (C=O) groups excluding carboxylic acids is 1. The number of rotatable bonds is 4. The molecule has 1 aliphatic carbocycles. The van der Waals surface area contributed by atoms with Crippen molar-refractivity contribution in [1.82, 2.24) is 9.88 Å². The maximum atomic E-state index is 13.3. The predicted molar refractivity (Wildman–Crippen MR) is 104 cm³/mol. The van der Waals surface area contributed by atoms with Crippen molar-refractivity contribution in [2.45, 2.75) is 58.0 Å². The molecule has 2 aliphatic rings. The minimum Gasteiger partial charge on any atom is -0.493 e. The standard InChI is InChI=1S/C22H26N2O3/c1-2-27-19-14-20(25)24-13-7-3-4-10-18(24)21(19)22(26)23-17-12-11-15-8-5-6-9-16(15)17/h5-6,8-9,14,17H,2-4,7,10-13H2,1H3,(H,23,26). The van der Waals surface area contributed by atoms with Crippen LogP contribution in [0.15, 0.2) is 35.1 Å². The van der Waals surface area contributed by atoms with Crippen LogP contribution >= 0.6 is 0 Å². The molecular formula is C22H26N2O3. The summed E-state index contributed by atoms with van der Waals surface area (Å²) in [5.41, 5.74) is 3.80. The van der Waals surface area contributed by atoms with Gasteiger partial charge >= 0.3 is 0 Å². The Hall–Kier alpha value is -2.56. The molecule has 1 amide bonds. The van der Waals surface area contributed by atoms with Gasteiger partial charge in [0.05, 0.1) is 12.6 Å². The van der Waals surface area contributed by atoms with E-state index in [9.17, 15) is 9.59 Å². The number of ether oxygens (including phenoxy) is 1. The minimum absolute atomic E-state index is 0.0153. The van der Waals surface area contributed by atoms with Crippen LogP contribution in [0.4, 0.5) is 0 Å². The largest absolute Gasteiger partial charge is 0.493 e. The average Bonchev–Trinajstić information content (AvgIpc) is 2.90. The lowest BCUT2D eigenvalue weighted by Crippen LogP contribution is -2.32. The molecular weight excluding hydrogens is 340 g/mol. The van der Waals surface area contributed by atoms with Crippen LogP contribution in [0.1, 0.15) is 65.8 Å². The van der Waals surface area contributed by atoms with Gasteiger partial charge in [0.1, 0.15) is 11.3 Å². The van der Waals surface area contributed by atoms with E-state index in [2.05, 4.69) is 17.4 Å². The number of aryl methyl sites for hydroxylation is 1. The van der Waals surface area contributed by atoms with E-state index in [1.165, 1.54) is 17.2 Å².